The summed E-state index contributed by atoms with van der Waals surface area (Å²) >= 11 is 1.57. The van der Waals surface area contributed by atoms with E-state index in [-0.39, 0.29) is 13.3 Å². The molecule has 0 rings (SSSR count). The molecule has 1 nitrogen and oxygen atoms in total. The summed E-state index contributed by atoms with van der Waals surface area (Å²) in [6.07, 6.45) is 0.769. The molecule has 0 bridgehead atoms. The SMILES string of the molecule is CC(CCO)SCCF. The minimum atomic E-state index is -0.263. The summed E-state index contributed by atoms with van der Waals surface area (Å²) in [7, 11) is 0. The van der Waals surface area contributed by atoms with Gasteiger partial charge in [0.15, 0.2) is 0 Å². The van der Waals surface area contributed by atoms with E-state index in [1.807, 2.05) is 6.92 Å². The minimum absolute atomic E-state index is 0.209. The molecule has 0 heterocycles. The number of hydrogen-bond acceptors (Lipinski definition) is 2. The monoisotopic (exact) mass is 152 g/mol. The third-order valence-corrected chi connectivity index (χ3v) is 2.21. The summed E-state index contributed by atoms with van der Waals surface area (Å²) in [5.41, 5.74) is 0. The van der Waals surface area contributed by atoms with Crippen molar-refractivity contribution < 1.29 is 9.50 Å². The van der Waals surface area contributed by atoms with Gasteiger partial charge in [0, 0.05) is 17.6 Å². The van der Waals surface area contributed by atoms with Crippen molar-refractivity contribution in [3.05, 3.63) is 0 Å². The molecule has 0 aliphatic heterocycles. The van der Waals surface area contributed by atoms with E-state index in [2.05, 4.69) is 0 Å². The van der Waals surface area contributed by atoms with Gasteiger partial charge < -0.3 is 5.11 Å². The molecule has 0 saturated heterocycles. The zero-order chi connectivity index (χ0) is 7.11. The van der Waals surface area contributed by atoms with Gasteiger partial charge in [0.2, 0.25) is 0 Å². The first-order valence-electron chi connectivity index (χ1n) is 3.09. The lowest BCUT2D eigenvalue weighted by molar-refractivity contribution is 0.289. The maximum Gasteiger partial charge on any atom is 0.0984 e. The highest BCUT2D eigenvalue weighted by Crippen LogP contribution is 2.12. The van der Waals surface area contributed by atoms with Crippen molar-refractivity contribution in [2.24, 2.45) is 0 Å². The van der Waals surface area contributed by atoms with Crippen molar-refractivity contribution in [3.8, 4) is 0 Å². The molecule has 0 aromatic heterocycles. The molecular formula is C6H13FOS. The van der Waals surface area contributed by atoms with Crippen LogP contribution in [0.2, 0.25) is 0 Å². The molecule has 1 N–H and O–H groups in total. The maximum absolute atomic E-state index is 11.5. The molecule has 0 aliphatic carbocycles. The summed E-state index contributed by atoms with van der Waals surface area (Å²) in [5.74, 6) is 0.557. The molecule has 0 aromatic carbocycles. The van der Waals surface area contributed by atoms with Gasteiger partial charge in [-0.1, -0.05) is 6.92 Å². The summed E-state index contributed by atoms with van der Waals surface area (Å²) < 4.78 is 11.5. The van der Waals surface area contributed by atoms with Gasteiger partial charge in [0.25, 0.3) is 0 Å². The van der Waals surface area contributed by atoms with Crippen molar-refractivity contribution >= 4 is 11.8 Å². The predicted molar refractivity (Wildman–Crippen MR) is 39.6 cm³/mol. The van der Waals surface area contributed by atoms with Crippen LogP contribution in [-0.4, -0.2) is 29.4 Å². The van der Waals surface area contributed by atoms with Gasteiger partial charge >= 0.3 is 0 Å². The second-order valence-corrected chi connectivity index (χ2v) is 3.43. The van der Waals surface area contributed by atoms with Crippen LogP contribution in [0.5, 0.6) is 0 Å². The molecule has 0 spiro atoms. The fraction of sp³-hybridized carbons (Fsp3) is 1.00. The summed E-state index contributed by atoms with van der Waals surface area (Å²) in [6, 6.07) is 0. The van der Waals surface area contributed by atoms with E-state index in [4.69, 9.17) is 5.11 Å². The zero-order valence-electron chi connectivity index (χ0n) is 5.64. The Morgan fingerprint density at radius 3 is 2.78 bits per heavy atom. The third kappa shape index (κ3) is 6.12. The molecule has 9 heavy (non-hydrogen) atoms. The average Bonchev–Trinajstić information content (AvgIpc) is 1.85. The van der Waals surface area contributed by atoms with Gasteiger partial charge in [-0.15, -0.1) is 0 Å². The lowest BCUT2D eigenvalue weighted by atomic mass is 10.3. The normalized spacial score (nSPS) is 13.7. The van der Waals surface area contributed by atoms with E-state index in [9.17, 15) is 4.39 Å². The van der Waals surface area contributed by atoms with E-state index in [0.717, 1.165) is 6.42 Å². The summed E-state index contributed by atoms with van der Waals surface area (Å²) in [5, 5.41) is 8.82. The Morgan fingerprint density at radius 2 is 2.33 bits per heavy atom. The van der Waals surface area contributed by atoms with E-state index in [1.165, 1.54) is 0 Å². The van der Waals surface area contributed by atoms with Gasteiger partial charge in [-0.3, -0.25) is 4.39 Å². The first-order chi connectivity index (χ1) is 4.31. The van der Waals surface area contributed by atoms with Crippen LogP contribution in [0, 0.1) is 0 Å². The van der Waals surface area contributed by atoms with Crippen LogP contribution >= 0.6 is 11.8 Å². The molecule has 0 radical (unpaired) electrons. The third-order valence-electron chi connectivity index (χ3n) is 1.02. The Hall–Kier alpha value is 0.240. The van der Waals surface area contributed by atoms with Crippen molar-refractivity contribution in [1.29, 1.82) is 0 Å². The van der Waals surface area contributed by atoms with Crippen LogP contribution in [0.1, 0.15) is 13.3 Å². The van der Waals surface area contributed by atoms with E-state index >= 15 is 0 Å². The molecule has 3 heteroatoms. The Labute approximate surface area is 59.6 Å². The second-order valence-electron chi connectivity index (χ2n) is 1.88. The van der Waals surface area contributed by atoms with Gasteiger partial charge in [-0.05, 0) is 6.42 Å². The van der Waals surface area contributed by atoms with Gasteiger partial charge in [0.1, 0.15) is 0 Å². The standard InChI is InChI=1S/C6H13FOS/c1-6(2-4-8)9-5-3-7/h6,8H,2-5H2,1H3. The lowest BCUT2D eigenvalue weighted by Crippen LogP contribution is -2.00. The van der Waals surface area contributed by atoms with Crippen LogP contribution in [0.15, 0.2) is 0 Å². The highest BCUT2D eigenvalue weighted by atomic mass is 32.2. The number of aliphatic hydroxyl groups excluding tert-OH is 1. The van der Waals surface area contributed by atoms with Crippen LogP contribution in [0.3, 0.4) is 0 Å². The second kappa shape index (κ2) is 6.36. The number of alkyl halides is 1. The Morgan fingerprint density at radius 1 is 1.67 bits per heavy atom. The molecule has 0 amide bonds. The highest BCUT2D eigenvalue weighted by molar-refractivity contribution is 7.99. The number of thioether (sulfide) groups is 1. The molecule has 1 unspecified atom stereocenters. The summed E-state index contributed by atoms with van der Waals surface area (Å²) in [6.45, 7) is 1.94. The van der Waals surface area contributed by atoms with Crippen LogP contribution < -0.4 is 0 Å². The molecule has 0 saturated carbocycles. The Kier molecular flexibility index (Phi) is 6.53. The Balaban J connectivity index is 2.95. The van der Waals surface area contributed by atoms with E-state index in [0.29, 0.717) is 11.0 Å². The number of aliphatic hydroxyl groups is 1. The fourth-order valence-electron chi connectivity index (χ4n) is 0.511. The number of rotatable bonds is 5. The molecule has 0 fully saturated rings. The van der Waals surface area contributed by atoms with Crippen LogP contribution in [0.4, 0.5) is 4.39 Å². The molecule has 1 atom stereocenters. The van der Waals surface area contributed by atoms with Crippen LogP contribution in [-0.2, 0) is 0 Å². The molecule has 0 aromatic rings. The first-order valence-corrected chi connectivity index (χ1v) is 4.14. The minimum Gasteiger partial charge on any atom is -0.396 e. The largest absolute Gasteiger partial charge is 0.396 e. The van der Waals surface area contributed by atoms with Gasteiger partial charge in [-0.25, -0.2) is 0 Å². The van der Waals surface area contributed by atoms with Crippen molar-refractivity contribution in [2.45, 2.75) is 18.6 Å². The average molecular weight is 152 g/mol. The van der Waals surface area contributed by atoms with Crippen molar-refractivity contribution in [3.63, 3.8) is 0 Å². The summed E-state index contributed by atoms with van der Waals surface area (Å²) in [4.78, 5) is 0. The van der Waals surface area contributed by atoms with E-state index < -0.39 is 0 Å². The van der Waals surface area contributed by atoms with Crippen LogP contribution in [0.25, 0.3) is 0 Å². The molecule has 0 aliphatic rings. The molecule has 56 valence electrons. The predicted octanol–water partition coefficient (Wildman–Crippen LogP) is 1.46. The topological polar surface area (TPSA) is 20.2 Å². The van der Waals surface area contributed by atoms with E-state index in [1.54, 1.807) is 11.8 Å². The lowest BCUT2D eigenvalue weighted by Gasteiger charge is -2.05. The maximum atomic E-state index is 11.5. The first kappa shape index (κ1) is 9.24. The number of halogens is 1. The van der Waals surface area contributed by atoms with Gasteiger partial charge in [0.05, 0.1) is 6.67 Å². The quantitative estimate of drug-likeness (QED) is 0.643. The fourth-order valence-corrected chi connectivity index (χ4v) is 1.27. The molecular weight excluding hydrogens is 139 g/mol. The smallest absolute Gasteiger partial charge is 0.0984 e. The highest BCUT2D eigenvalue weighted by Gasteiger charge is 1.99. The van der Waals surface area contributed by atoms with Gasteiger partial charge in [-0.2, -0.15) is 11.8 Å². The number of hydrogen-bond donors (Lipinski definition) is 1. The van der Waals surface area contributed by atoms with Crippen molar-refractivity contribution in [1.82, 2.24) is 0 Å². The van der Waals surface area contributed by atoms with Crippen molar-refractivity contribution in [2.75, 3.05) is 19.0 Å². The Bertz CT molecular complexity index is 61.0. The zero-order valence-corrected chi connectivity index (χ0v) is 6.46.